The smallest absolute Gasteiger partial charge is 0.209 e. The largest absolute Gasteiger partial charge is 0.420 e. The van der Waals surface area contributed by atoms with Crippen LogP contribution < -0.4 is 0 Å². The molecule has 1 atom stereocenters. The lowest BCUT2D eigenvalue weighted by atomic mass is 10.2. The van der Waals surface area contributed by atoms with Gasteiger partial charge < -0.3 is 4.74 Å². The van der Waals surface area contributed by atoms with Crippen LogP contribution in [0.25, 0.3) is 0 Å². The molecule has 0 aliphatic heterocycles. The summed E-state index contributed by atoms with van der Waals surface area (Å²) < 4.78 is 4.78. The van der Waals surface area contributed by atoms with E-state index in [9.17, 15) is 0 Å². The van der Waals surface area contributed by atoms with E-state index in [2.05, 4.69) is 13.0 Å². The fourth-order valence-electron chi connectivity index (χ4n) is 0.610. The molecule has 0 bridgehead atoms. The van der Waals surface area contributed by atoms with Crippen LogP contribution >= 0.6 is 11.6 Å². The maximum Gasteiger partial charge on any atom is 0.209 e. The van der Waals surface area contributed by atoms with Crippen molar-refractivity contribution in [2.45, 2.75) is 31.7 Å². The summed E-state index contributed by atoms with van der Waals surface area (Å²) in [5.74, 6) is 0. The zero-order valence-electron chi connectivity index (χ0n) is 6.93. The number of ether oxygens (including phenoxy) is 1. The monoisotopic (exact) mass is 172 g/mol. The molecule has 0 spiro atoms. The zero-order chi connectivity index (χ0) is 8.74. The summed E-state index contributed by atoms with van der Waals surface area (Å²) in [5, 5.41) is -0.843. The standard InChI is InChI=1S/C9H13ClO/c1-4-6-7-8-9(3,10)11-5-2/h2,7-8H,4,6H2,1,3H3. The molecule has 0 saturated carbocycles. The van der Waals surface area contributed by atoms with Gasteiger partial charge in [0.15, 0.2) is 0 Å². The van der Waals surface area contributed by atoms with Gasteiger partial charge in [-0.1, -0.05) is 37.4 Å². The van der Waals surface area contributed by atoms with Crippen LogP contribution in [-0.2, 0) is 4.74 Å². The highest BCUT2D eigenvalue weighted by Crippen LogP contribution is 2.17. The van der Waals surface area contributed by atoms with Gasteiger partial charge in [0.25, 0.3) is 0 Å². The Morgan fingerprint density at radius 3 is 2.82 bits per heavy atom. The average Bonchev–Trinajstić information content (AvgIpc) is 1.87. The second-order valence-electron chi connectivity index (χ2n) is 2.40. The first-order valence-corrected chi connectivity index (χ1v) is 4.00. The molecule has 0 radical (unpaired) electrons. The van der Waals surface area contributed by atoms with Crippen LogP contribution in [0.3, 0.4) is 0 Å². The van der Waals surface area contributed by atoms with E-state index < -0.39 is 5.06 Å². The molecule has 0 saturated heterocycles. The van der Waals surface area contributed by atoms with E-state index in [0.717, 1.165) is 12.8 Å². The highest BCUT2D eigenvalue weighted by Gasteiger charge is 2.15. The summed E-state index contributed by atoms with van der Waals surface area (Å²) in [6.45, 7) is 3.80. The Labute approximate surface area is 73.4 Å². The van der Waals surface area contributed by atoms with Gasteiger partial charge in [-0.25, -0.2) is 0 Å². The Balaban J connectivity index is 3.81. The van der Waals surface area contributed by atoms with Crippen LogP contribution in [0.2, 0.25) is 0 Å². The van der Waals surface area contributed by atoms with Crippen LogP contribution in [0.15, 0.2) is 12.2 Å². The summed E-state index contributed by atoms with van der Waals surface area (Å²) in [6.07, 6.45) is 12.8. The fourth-order valence-corrected chi connectivity index (χ4v) is 0.743. The molecule has 2 heteroatoms. The summed E-state index contributed by atoms with van der Waals surface area (Å²) in [7, 11) is 0. The van der Waals surface area contributed by atoms with Crippen molar-refractivity contribution in [1.82, 2.24) is 0 Å². The predicted molar refractivity (Wildman–Crippen MR) is 48.2 cm³/mol. The minimum atomic E-state index is -0.843. The number of terminal acetylenes is 1. The summed E-state index contributed by atoms with van der Waals surface area (Å²) in [6, 6.07) is 0. The first-order valence-electron chi connectivity index (χ1n) is 3.62. The first kappa shape index (κ1) is 10.4. The van der Waals surface area contributed by atoms with Gasteiger partial charge >= 0.3 is 0 Å². The van der Waals surface area contributed by atoms with Crippen LogP contribution in [0.1, 0.15) is 26.7 Å². The molecular formula is C9H13ClO. The van der Waals surface area contributed by atoms with E-state index in [4.69, 9.17) is 22.8 Å². The van der Waals surface area contributed by atoms with E-state index >= 15 is 0 Å². The number of unbranched alkanes of at least 4 members (excludes halogenated alkanes) is 1. The Hall–Kier alpha value is -0.610. The van der Waals surface area contributed by atoms with Gasteiger partial charge in [-0.15, -0.1) is 0 Å². The average molecular weight is 173 g/mol. The van der Waals surface area contributed by atoms with Crippen molar-refractivity contribution in [2.24, 2.45) is 0 Å². The summed E-state index contributed by atoms with van der Waals surface area (Å²) in [4.78, 5) is 0. The predicted octanol–water partition coefficient (Wildman–Crippen LogP) is 2.91. The number of halogens is 1. The molecule has 0 aliphatic carbocycles. The zero-order valence-corrected chi connectivity index (χ0v) is 7.69. The van der Waals surface area contributed by atoms with Gasteiger partial charge in [0.05, 0.1) is 0 Å². The lowest BCUT2D eigenvalue weighted by Crippen LogP contribution is -2.14. The Kier molecular flexibility index (Phi) is 4.81. The van der Waals surface area contributed by atoms with Gasteiger partial charge in [-0.2, -0.15) is 0 Å². The molecule has 62 valence electrons. The molecular weight excluding hydrogens is 160 g/mol. The van der Waals surface area contributed by atoms with E-state index in [1.807, 2.05) is 6.08 Å². The SMILES string of the molecule is C#COC(C)(Cl)C=CCCC. The number of rotatable bonds is 4. The molecule has 1 unspecified atom stereocenters. The third kappa shape index (κ3) is 5.82. The second-order valence-corrected chi connectivity index (χ2v) is 3.15. The van der Waals surface area contributed by atoms with Crippen LogP contribution in [0.5, 0.6) is 0 Å². The van der Waals surface area contributed by atoms with Crippen LogP contribution in [0.4, 0.5) is 0 Å². The van der Waals surface area contributed by atoms with Crippen molar-refractivity contribution >= 4 is 11.6 Å². The lowest BCUT2D eigenvalue weighted by molar-refractivity contribution is 0.190. The molecule has 0 aliphatic rings. The summed E-state index contributed by atoms with van der Waals surface area (Å²) in [5.41, 5.74) is 0. The number of hydrogen-bond acceptors (Lipinski definition) is 1. The number of alkyl halides is 1. The molecule has 11 heavy (non-hydrogen) atoms. The van der Waals surface area contributed by atoms with Gasteiger partial charge in [0.1, 0.15) is 6.11 Å². The molecule has 0 N–H and O–H groups in total. The maximum absolute atomic E-state index is 5.82. The minimum Gasteiger partial charge on any atom is -0.420 e. The van der Waals surface area contributed by atoms with Crippen molar-refractivity contribution < 1.29 is 4.74 Å². The normalized spacial score (nSPS) is 15.8. The lowest BCUT2D eigenvalue weighted by Gasteiger charge is -2.13. The van der Waals surface area contributed by atoms with Gasteiger partial charge in [0.2, 0.25) is 5.06 Å². The van der Waals surface area contributed by atoms with E-state index in [1.165, 1.54) is 0 Å². The molecule has 0 aromatic carbocycles. The van der Waals surface area contributed by atoms with Crippen molar-refractivity contribution in [1.29, 1.82) is 0 Å². The van der Waals surface area contributed by atoms with Crippen molar-refractivity contribution in [3.63, 3.8) is 0 Å². The molecule has 0 amide bonds. The molecule has 1 nitrogen and oxygen atoms in total. The summed E-state index contributed by atoms with van der Waals surface area (Å²) >= 11 is 5.82. The van der Waals surface area contributed by atoms with Crippen molar-refractivity contribution in [2.75, 3.05) is 0 Å². The van der Waals surface area contributed by atoms with Crippen LogP contribution in [0, 0.1) is 12.5 Å². The molecule has 0 aromatic rings. The van der Waals surface area contributed by atoms with E-state index in [-0.39, 0.29) is 0 Å². The Morgan fingerprint density at radius 2 is 2.36 bits per heavy atom. The van der Waals surface area contributed by atoms with Crippen molar-refractivity contribution in [3.05, 3.63) is 12.2 Å². The van der Waals surface area contributed by atoms with Crippen LogP contribution in [-0.4, -0.2) is 5.06 Å². The topological polar surface area (TPSA) is 9.23 Å². The van der Waals surface area contributed by atoms with Crippen molar-refractivity contribution in [3.8, 4) is 12.5 Å². The third-order valence-corrected chi connectivity index (χ3v) is 1.33. The molecule has 0 rings (SSSR count). The first-order chi connectivity index (χ1) is 5.12. The third-order valence-electron chi connectivity index (χ3n) is 1.13. The molecule has 0 aromatic heterocycles. The second kappa shape index (κ2) is 5.09. The Morgan fingerprint density at radius 1 is 1.73 bits per heavy atom. The van der Waals surface area contributed by atoms with Gasteiger partial charge in [-0.3, -0.25) is 0 Å². The van der Waals surface area contributed by atoms with Gasteiger partial charge in [0, 0.05) is 0 Å². The number of allylic oxidation sites excluding steroid dienone is 1. The quantitative estimate of drug-likeness (QED) is 0.360. The number of hydrogen-bond donors (Lipinski definition) is 0. The highest BCUT2D eigenvalue weighted by atomic mass is 35.5. The van der Waals surface area contributed by atoms with E-state index in [1.54, 1.807) is 13.0 Å². The van der Waals surface area contributed by atoms with Gasteiger partial charge in [-0.05, 0) is 19.4 Å². The molecule has 0 heterocycles. The minimum absolute atomic E-state index is 0.843. The Bertz CT molecular complexity index is 165. The van der Waals surface area contributed by atoms with E-state index in [0.29, 0.717) is 0 Å². The fraction of sp³-hybridized carbons (Fsp3) is 0.556. The highest BCUT2D eigenvalue weighted by molar-refractivity contribution is 6.23. The maximum atomic E-state index is 5.82. The molecule has 0 fully saturated rings.